The third kappa shape index (κ3) is 2.49. The van der Waals surface area contributed by atoms with Gasteiger partial charge >= 0.3 is 6.18 Å². The fourth-order valence-electron chi connectivity index (χ4n) is 1.68. The predicted molar refractivity (Wildman–Crippen MR) is 69.5 cm³/mol. The molecule has 0 aliphatic rings. The molecule has 0 saturated carbocycles. The molecule has 8 heteroatoms. The van der Waals surface area contributed by atoms with E-state index in [4.69, 9.17) is 17.3 Å². The summed E-state index contributed by atoms with van der Waals surface area (Å²) in [5.41, 5.74) is 5.21. The lowest BCUT2D eigenvalue weighted by molar-refractivity contribution is -0.141. The van der Waals surface area contributed by atoms with Crippen molar-refractivity contribution in [3.05, 3.63) is 45.0 Å². The Kier molecular flexibility index (Phi) is 3.47. The maximum atomic E-state index is 12.4. The zero-order valence-corrected chi connectivity index (χ0v) is 10.9. The van der Waals surface area contributed by atoms with Crippen LogP contribution in [0, 0.1) is 6.92 Å². The molecule has 0 bridgehead atoms. The molecule has 0 saturated heterocycles. The van der Waals surface area contributed by atoms with Crippen LogP contribution in [-0.2, 0) is 6.18 Å². The Bertz CT molecular complexity index is 708. The maximum absolute atomic E-state index is 12.4. The molecule has 2 rings (SSSR count). The third-order valence-electron chi connectivity index (χ3n) is 2.80. The summed E-state index contributed by atoms with van der Waals surface area (Å²) in [7, 11) is 0. The van der Waals surface area contributed by atoms with Crippen LogP contribution >= 0.6 is 11.6 Å². The topological polar surface area (TPSA) is 71.8 Å². The van der Waals surface area contributed by atoms with Crippen LogP contribution in [0.4, 0.5) is 18.9 Å². The summed E-state index contributed by atoms with van der Waals surface area (Å²) >= 11 is 5.69. The van der Waals surface area contributed by atoms with E-state index >= 15 is 0 Å². The van der Waals surface area contributed by atoms with Crippen molar-refractivity contribution in [1.29, 1.82) is 0 Å². The Morgan fingerprint density at radius 1 is 1.35 bits per heavy atom. The minimum Gasteiger partial charge on any atom is -0.397 e. The lowest BCUT2D eigenvalue weighted by atomic mass is 10.1. The first kappa shape index (κ1) is 14.4. The van der Waals surface area contributed by atoms with E-state index < -0.39 is 17.4 Å². The van der Waals surface area contributed by atoms with Gasteiger partial charge in [0.05, 0.1) is 11.4 Å². The van der Waals surface area contributed by atoms with E-state index in [2.05, 4.69) is 9.97 Å². The number of H-pyrrole nitrogens is 1. The Morgan fingerprint density at radius 2 is 2.00 bits per heavy atom. The zero-order valence-electron chi connectivity index (χ0n) is 10.2. The molecular formula is C12H9ClF3N3O. The van der Waals surface area contributed by atoms with Crippen molar-refractivity contribution in [2.24, 2.45) is 0 Å². The summed E-state index contributed by atoms with van der Waals surface area (Å²) < 4.78 is 37.3. The van der Waals surface area contributed by atoms with Gasteiger partial charge < -0.3 is 10.7 Å². The van der Waals surface area contributed by atoms with Crippen LogP contribution in [0.5, 0.6) is 0 Å². The first-order chi connectivity index (χ1) is 9.21. The molecule has 2 aromatic heterocycles. The van der Waals surface area contributed by atoms with Crippen LogP contribution in [0.25, 0.3) is 11.3 Å². The summed E-state index contributed by atoms with van der Waals surface area (Å²) in [5, 5.41) is -0.147. The van der Waals surface area contributed by atoms with Crippen LogP contribution in [0.1, 0.15) is 11.3 Å². The zero-order chi connectivity index (χ0) is 15.1. The summed E-state index contributed by atoms with van der Waals surface area (Å²) in [6.45, 7) is 1.60. The van der Waals surface area contributed by atoms with E-state index in [0.29, 0.717) is 11.1 Å². The molecule has 20 heavy (non-hydrogen) atoms. The van der Waals surface area contributed by atoms with Crippen LogP contribution in [0.2, 0.25) is 5.02 Å². The van der Waals surface area contributed by atoms with Crippen molar-refractivity contribution >= 4 is 17.3 Å². The Morgan fingerprint density at radius 3 is 2.50 bits per heavy atom. The molecule has 4 nitrogen and oxygen atoms in total. The molecule has 106 valence electrons. The molecule has 2 heterocycles. The van der Waals surface area contributed by atoms with E-state index in [1.54, 1.807) is 6.92 Å². The second-order valence-electron chi connectivity index (χ2n) is 4.11. The van der Waals surface area contributed by atoms with Crippen molar-refractivity contribution in [3.8, 4) is 11.3 Å². The molecule has 0 unspecified atom stereocenters. The van der Waals surface area contributed by atoms with E-state index in [1.807, 2.05) is 0 Å². The number of rotatable bonds is 1. The van der Waals surface area contributed by atoms with Gasteiger partial charge in [-0.05, 0) is 24.6 Å². The van der Waals surface area contributed by atoms with Gasteiger partial charge in [-0.1, -0.05) is 11.6 Å². The van der Waals surface area contributed by atoms with Crippen molar-refractivity contribution in [2.75, 3.05) is 5.73 Å². The highest BCUT2D eigenvalue weighted by molar-refractivity contribution is 6.33. The van der Waals surface area contributed by atoms with Crippen LogP contribution in [0.15, 0.2) is 23.1 Å². The number of aromatic nitrogens is 2. The van der Waals surface area contributed by atoms with Gasteiger partial charge in [-0.15, -0.1) is 0 Å². The van der Waals surface area contributed by atoms with Gasteiger partial charge in [0.15, 0.2) is 0 Å². The van der Waals surface area contributed by atoms with Crippen LogP contribution in [0.3, 0.4) is 0 Å². The molecule has 3 N–H and O–H groups in total. The number of nitrogens with one attached hydrogen (secondary N) is 1. The predicted octanol–water partition coefficient (Wildman–Crippen LogP) is 3.00. The second kappa shape index (κ2) is 4.82. The first-order valence-electron chi connectivity index (χ1n) is 5.43. The fraction of sp³-hybridized carbons (Fsp3) is 0.167. The molecule has 0 aliphatic heterocycles. The number of nitrogens with two attached hydrogens (primary N) is 1. The van der Waals surface area contributed by atoms with Crippen molar-refractivity contribution < 1.29 is 13.2 Å². The lowest BCUT2D eigenvalue weighted by Gasteiger charge is -2.11. The summed E-state index contributed by atoms with van der Waals surface area (Å²) in [5.74, 6) is 0. The first-order valence-corrected chi connectivity index (χ1v) is 5.81. The molecule has 0 amide bonds. The number of halogens is 4. The SMILES string of the molecule is Cc1c(-c2ccc(C(F)(F)F)nc2)[nH]c(=O)c(Cl)c1N. The number of alkyl halides is 3. The number of pyridine rings is 2. The minimum atomic E-state index is -4.51. The molecule has 0 aliphatic carbocycles. The van der Waals surface area contributed by atoms with E-state index in [0.717, 1.165) is 12.3 Å². The van der Waals surface area contributed by atoms with Crippen molar-refractivity contribution in [1.82, 2.24) is 9.97 Å². The fourth-order valence-corrected chi connectivity index (χ4v) is 1.87. The molecule has 0 fully saturated rings. The Labute approximate surface area is 116 Å². The molecule has 2 aromatic rings. The normalized spacial score (nSPS) is 11.7. The number of aromatic amines is 1. The van der Waals surface area contributed by atoms with Crippen molar-refractivity contribution in [3.63, 3.8) is 0 Å². The van der Waals surface area contributed by atoms with Gasteiger partial charge in [0.2, 0.25) is 0 Å². The van der Waals surface area contributed by atoms with Gasteiger partial charge in [-0.2, -0.15) is 13.2 Å². The highest BCUT2D eigenvalue weighted by atomic mass is 35.5. The average Bonchev–Trinajstić information content (AvgIpc) is 2.40. The van der Waals surface area contributed by atoms with E-state index in [-0.39, 0.29) is 16.4 Å². The van der Waals surface area contributed by atoms with Gasteiger partial charge in [-0.25, -0.2) is 0 Å². The lowest BCUT2D eigenvalue weighted by Crippen LogP contribution is -2.13. The van der Waals surface area contributed by atoms with Crippen molar-refractivity contribution in [2.45, 2.75) is 13.1 Å². The number of nitrogen functional groups attached to an aromatic ring is 1. The molecule has 0 aromatic carbocycles. The van der Waals surface area contributed by atoms with Crippen LogP contribution < -0.4 is 11.3 Å². The van der Waals surface area contributed by atoms with E-state index in [9.17, 15) is 18.0 Å². The molecular weight excluding hydrogens is 295 g/mol. The molecule has 0 spiro atoms. The highest BCUT2D eigenvalue weighted by Crippen LogP contribution is 2.30. The third-order valence-corrected chi connectivity index (χ3v) is 3.17. The number of anilines is 1. The highest BCUT2D eigenvalue weighted by Gasteiger charge is 2.32. The molecule has 0 radical (unpaired) electrons. The monoisotopic (exact) mass is 303 g/mol. The van der Waals surface area contributed by atoms with E-state index in [1.165, 1.54) is 6.07 Å². The second-order valence-corrected chi connectivity index (χ2v) is 4.49. The number of nitrogens with zero attached hydrogens (tertiary/aromatic N) is 1. The number of hydrogen-bond acceptors (Lipinski definition) is 3. The molecule has 0 atom stereocenters. The quantitative estimate of drug-likeness (QED) is 0.850. The Hall–Kier alpha value is -2.02. The average molecular weight is 304 g/mol. The summed E-state index contributed by atoms with van der Waals surface area (Å²) in [6, 6.07) is 2.04. The largest absolute Gasteiger partial charge is 0.433 e. The van der Waals surface area contributed by atoms with Crippen LogP contribution in [-0.4, -0.2) is 9.97 Å². The standard InChI is InChI=1S/C12H9ClF3N3O/c1-5-9(17)8(13)11(20)19-10(5)6-2-3-7(18-4-6)12(14,15)16/h2-4H,1H3,(H3,17,19,20). The minimum absolute atomic E-state index is 0.0883. The maximum Gasteiger partial charge on any atom is 0.433 e. The van der Waals surface area contributed by atoms with Gasteiger partial charge in [-0.3, -0.25) is 9.78 Å². The van der Waals surface area contributed by atoms with Gasteiger partial charge in [0.1, 0.15) is 10.7 Å². The van der Waals surface area contributed by atoms with Gasteiger partial charge in [0.25, 0.3) is 5.56 Å². The smallest absolute Gasteiger partial charge is 0.397 e. The summed E-state index contributed by atoms with van der Waals surface area (Å²) in [6.07, 6.45) is -3.49. The van der Waals surface area contributed by atoms with Gasteiger partial charge in [0, 0.05) is 11.8 Å². The Balaban J connectivity index is 2.56. The number of hydrogen-bond donors (Lipinski definition) is 2. The summed E-state index contributed by atoms with van der Waals surface area (Å²) in [4.78, 5) is 17.3.